The van der Waals surface area contributed by atoms with Crippen LogP contribution in [0, 0.1) is 0 Å². The third kappa shape index (κ3) is 3.85. The van der Waals surface area contributed by atoms with E-state index in [1.165, 1.54) is 11.1 Å². The van der Waals surface area contributed by atoms with Crippen molar-refractivity contribution < 1.29 is 9.90 Å². The fourth-order valence-corrected chi connectivity index (χ4v) is 2.65. The molecule has 0 aliphatic heterocycles. The number of hydrogen-bond donors (Lipinski definition) is 2. The zero-order valence-electron chi connectivity index (χ0n) is 11.2. The van der Waals surface area contributed by atoms with Crippen LogP contribution < -0.4 is 5.32 Å². The van der Waals surface area contributed by atoms with Crippen molar-refractivity contribution in [3.05, 3.63) is 47.8 Å². The van der Waals surface area contributed by atoms with Gasteiger partial charge in [-0.25, -0.2) is 4.79 Å². The van der Waals surface area contributed by atoms with Crippen LogP contribution in [0.2, 0.25) is 0 Å². The predicted octanol–water partition coefficient (Wildman–Crippen LogP) is 2.00. The van der Waals surface area contributed by atoms with Crippen LogP contribution in [-0.2, 0) is 13.6 Å². The van der Waals surface area contributed by atoms with Gasteiger partial charge in [-0.05, 0) is 12.1 Å². The van der Waals surface area contributed by atoms with E-state index in [1.54, 1.807) is 23.5 Å². The molecule has 5 nitrogen and oxygen atoms in total. The molecule has 0 amide bonds. The number of carboxylic acids is 1. The second-order valence-corrected chi connectivity index (χ2v) is 5.44. The number of nitrogens with one attached hydrogen (secondary N) is 1. The SMILES string of the molecule is Cn1ncc(C(=O)O)c1CNCCSc1ccccc1. The van der Waals surface area contributed by atoms with E-state index in [1.807, 2.05) is 18.2 Å². The summed E-state index contributed by atoms with van der Waals surface area (Å²) < 4.78 is 1.60. The van der Waals surface area contributed by atoms with Crippen LogP contribution in [0.15, 0.2) is 41.4 Å². The van der Waals surface area contributed by atoms with Gasteiger partial charge in [-0.1, -0.05) is 18.2 Å². The number of aryl methyl sites for hydroxylation is 1. The summed E-state index contributed by atoms with van der Waals surface area (Å²) in [5.41, 5.74) is 0.956. The molecule has 0 saturated carbocycles. The minimum absolute atomic E-state index is 0.260. The maximum absolute atomic E-state index is 11.0. The molecule has 0 unspecified atom stereocenters. The smallest absolute Gasteiger partial charge is 0.339 e. The van der Waals surface area contributed by atoms with Crippen molar-refractivity contribution in [3.63, 3.8) is 0 Å². The van der Waals surface area contributed by atoms with Gasteiger partial charge in [0.25, 0.3) is 0 Å². The maximum atomic E-state index is 11.0. The van der Waals surface area contributed by atoms with Crippen molar-refractivity contribution in [1.82, 2.24) is 15.1 Å². The number of rotatable bonds is 7. The zero-order chi connectivity index (χ0) is 14.4. The fraction of sp³-hybridized carbons (Fsp3) is 0.286. The highest BCUT2D eigenvalue weighted by atomic mass is 32.2. The molecule has 1 aromatic heterocycles. The number of aromatic nitrogens is 2. The molecular weight excluding hydrogens is 274 g/mol. The Labute approximate surface area is 122 Å². The Morgan fingerprint density at radius 3 is 2.85 bits per heavy atom. The lowest BCUT2D eigenvalue weighted by atomic mass is 10.2. The first-order valence-corrected chi connectivity index (χ1v) is 7.30. The molecular formula is C14H17N3O2S. The van der Waals surface area contributed by atoms with Crippen LogP contribution in [0.3, 0.4) is 0 Å². The van der Waals surface area contributed by atoms with Gasteiger partial charge in [0.15, 0.2) is 0 Å². The van der Waals surface area contributed by atoms with Crippen LogP contribution in [0.1, 0.15) is 16.1 Å². The van der Waals surface area contributed by atoms with Crippen LogP contribution >= 0.6 is 11.8 Å². The van der Waals surface area contributed by atoms with Gasteiger partial charge in [0, 0.05) is 30.8 Å². The highest BCUT2D eigenvalue weighted by Crippen LogP contribution is 2.15. The van der Waals surface area contributed by atoms with Gasteiger partial charge in [-0.15, -0.1) is 11.8 Å². The predicted molar refractivity (Wildman–Crippen MR) is 79.0 cm³/mol. The molecule has 1 heterocycles. The van der Waals surface area contributed by atoms with E-state index in [0.29, 0.717) is 12.2 Å². The molecule has 1 aromatic carbocycles. The third-order valence-electron chi connectivity index (χ3n) is 2.88. The monoisotopic (exact) mass is 291 g/mol. The molecule has 20 heavy (non-hydrogen) atoms. The van der Waals surface area contributed by atoms with Crippen LogP contribution in [0.5, 0.6) is 0 Å². The number of hydrogen-bond acceptors (Lipinski definition) is 4. The first kappa shape index (κ1) is 14.6. The molecule has 0 saturated heterocycles. The summed E-state index contributed by atoms with van der Waals surface area (Å²) in [5.74, 6) is -0.00173. The van der Waals surface area contributed by atoms with Crippen molar-refractivity contribution in [1.29, 1.82) is 0 Å². The summed E-state index contributed by atoms with van der Waals surface area (Å²) in [4.78, 5) is 12.3. The van der Waals surface area contributed by atoms with Gasteiger partial charge in [-0.3, -0.25) is 4.68 Å². The minimum atomic E-state index is -0.937. The first-order valence-electron chi connectivity index (χ1n) is 6.31. The molecule has 0 aliphatic rings. The van der Waals surface area contributed by atoms with Crippen LogP contribution in [-0.4, -0.2) is 33.2 Å². The van der Waals surface area contributed by atoms with E-state index in [4.69, 9.17) is 5.11 Å². The molecule has 0 aliphatic carbocycles. The molecule has 2 rings (SSSR count). The summed E-state index contributed by atoms with van der Waals surface area (Å²) in [7, 11) is 1.75. The van der Waals surface area contributed by atoms with Gasteiger partial charge in [0.2, 0.25) is 0 Å². The molecule has 0 spiro atoms. The summed E-state index contributed by atoms with van der Waals surface area (Å²) >= 11 is 1.77. The Balaban J connectivity index is 1.76. The minimum Gasteiger partial charge on any atom is -0.478 e. The largest absolute Gasteiger partial charge is 0.478 e. The van der Waals surface area contributed by atoms with Gasteiger partial charge < -0.3 is 10.4 Å². The van der Waals surface area contributed by atoms with Crippen LogP contribution in [0.4, 0.5) is 0 Å². The van der Waals surface area contributed by atoms with Crippen LogP contribution in [0.25, 0.3) is 0 Å². The van der Waals surface area contributed by atoms with E-state index in [0.717, 1.165) is 12.3 Å². The lowest BCUT2D eigenvalue weighted by Gasteiger charge is -2.06. The average Bonchev–Trinajstić information content (AvgIpc) is 2.81. The lowest BCUT2D eigenvalue weighted by Crippen LogP contribution is -2.20. The van der Waals surface area contributed by atoms with Crippen molar-refractivity contribution in [2.24, 2.45) is 7.05 Å². The van der Waals surface area contributed by atoms with E-state index in [-0.39, 0.29) is 5.56 Å². The number of benzene rings is 1. The molecule has 0 bridgehead atoms. The molecule has 0 radical (unpaired) electrons. The molecule has 2 aromatic rings. The Morgan fingerprint density at radius 2 is 2.15 bits per heavy atom. The average molecular weight is 291 g/mol. The summed E-state index contributed by atoms with van der Waals surface area (Å²) in [6.07, 6.45) is 1.39. The summed E-state index contributed by atoms with van der Waals surface area (Å²) in [6.45, 7) is 1.32. The maximum Gasteiger partial charge on any atom is 0.339 e. The van der Waals surface area contributed by atoms with Crippen molar-refractivity contribution in [3.8, 4) is 0 Å². The van der Waals surface area contributed by atoms with Crippen molar-refractivity contribution in [2.45, 2.75) is 11.4 Å². The molecule has 2 N–H and O–H groups in total. The Hall–Kier alpha value is -1.79. The number of nitrogens with zero attached hydrogens (tertiary/aromatic N) is 2. The Morgan fingerprint density at radius 1 is 1.40 bits per heavy atom. The van der Waals surface area contributed by atoms with Gasteiger partial charge in [0.05, 0.1) is 11.9 Å². The molecule has 0 atom stereocenters. The van der Waals surface area contributed by atoms with Crippen molar-refractivity contribution >= 4 is 17.7 Å². The second-order valence-electron chi connectivity index (χ2n) is 4.27. The highest BCUT2D eigenvalue weighted by Gasteiger charge is 2.13. The van der Waals surface area contributed by atoms with Crippen molar-refractivity contribution in [2.75, 3.05) is 12.3 Å². The van der Waals surface area contributed by atoms with Gasteiger partial charge in [-0.2, -0.15) is 5.10 Å². The molecule has 106 valence electrons. The standard InChI is InChI=1S/C14H17N3O2S/c1-17-13(12(9-16-17)14(18)19)10-15-7-8-20-11-5-3-2-4-6-11/h2-6,9,15H,7-8,10H2,1H3,(H,18,19). The van der Waals surface area contributed by atoms with Gasteiger partial charge >= 0.3 is 5.97 Å². The number of aromatic carboxylic acids is 1. The van der Waals surface area contributed by atoms with E-state index in [9.17, 15) is 4.79 Å². The third-order valence-corrected chi connectivity index (χ3v) is 3.89. The lowest BCUT2D eigenvalue weighted by molar-refractivity contribution is 0.0695. The topological polar surface area (TPSA) is 67.2 Å². The number of carboxylic acid groups (broad SMARTS) is 1. The first-order chi connectivity index (χ1) is 9.68. The van der Waals surface area contributed by atoms with Gasteiger partial charge in [0.1, 0.15) is 5.56 Å². The number of thioether (sulfide) groups is 1. The fourth-order valence-electron chi connectivity index (χ4n) is 1.82. The molecule has 0 fully saturated rings. The molecule has 6 heteroatoms. The van der Waals surface area contributed by atoms with E-state index in [2.05, 4.69) is 22.5 Å². The van der Waals surface area contributed by atoms with E-state index >= 15 is 0 Å². The Bertz CT molecular complexity index is 569. The zero-order valence-corrected chi connectivity index (χ0v) is 12.1. The number of carbonyl (C=O) groups is 1. The Kier molecular flexibility index (Phi) is 5.20. The highest BCUT2D eigenvalue weighted by molar-refractivity contribution is 7.99. The second kappa shape index (κ2) is 7.12. The summed E-state index contributed by atoms with van der Waals surface area (Å²) in [5, 5.41) is 16.3. The summed E-state index contributed by atoms with van der Waals surface area (Å²) in [6, 6.07) is 10.2. The normalized spacial score (nSPS) is 10.7. The quantitative estimate of drug-likeness (QED) is 0.603. The van der Waals surface area contributed by atoms with E-state index < -0.39 is 5.97 Å².